The average molecular weight is 432 g/mol. The fourth-order valence-electron chi connectivity index (χ4n) is 3.10. The minimum Gasteiger partial charge on any atom is -0.457 e. The van der Waals surface area contributed by atoms with Gasteiger partial charge in [0, 0.05) is 0 Å². The zero-order valence-electron chi connectivity index (χ0n) is 16.5. The number of thiocarbonyl (C=S) groups is 1. The van der Waals surface area contributed by atoms with E-state index in [0.717, 1.165) is 0 Å². The van der Waals surface area contributed by atoms with E-state index >= 15 is 0 Å². The van der Waals surface area contributed by atoms with Gasteiger partial charge in [-0.2, -0.15) is 0 Å². The normalized spacial score (nSPS) is 15.2. The van der Waals surface area contributed by atoms with Crippen LogP contribution in [0.25, 0.3) is 6.08 Å². The highest BCUT2D eigenvalue weighted by Gasteiger charge is 2.34. The van der Waals surface area contributed by atoms with Crippen LogP contribution in [-0.2, 0) is 9.59 Å². The van der Waals surface area contributed by atoms with Crippen molar-refractivity contribution in [1.29, 1.82) is 0 Å². The molecule has 1 heterocycles. The molecule has 1 aliphatic heterocycles. The van der Waals surface area contributed by atoms with Crippen LogP contribution >= 0.6 is 12.2 Å². The van der Waals surface area contributed by atoms with Gasteiger partial charge in [-0.1, -0.05) is 24.3 Å². The molecule has 3 aromatic rings. The Morgan fingerprint density at radius 3 is 2.32 bits per heavy atom. The SMILES string of the molecule is Cc1cc(/C=C2\C(=O)NC(=S)N(c3ccc(Oc4ccccc4)cc3)C2=O)ccc1F. The molecule has 31 heavy (non-hydrogen) atoms. The molecule has 5 nitrogen and oxygen atoms in total. The fraction of sp³-hybridized carbons (Fsp3) is 0.0417. The summed E-state index contributed by atoms with van der Waals surface area (Å²) in [6, 6.07) is 20.4. The molecule has 0 atom stereocenters. The summed E-state index contributed by atoms with van der Waals surface area (Å²) in [7, 11) is 0. The summed E-state index contributed by atoms with van der Waals surface area (Å²) < 4.78 is 19.3. The molecule has 3 aromatic carbocycles. The third-order valence-electron chi connectivity index (χ3n) is 4.67. The monoisotopic (exact) mass is 432 g/mol. The number of aryl methyl sites for hydroxylation is 1. The Morgan fingerprint density at radius 2 is 1.65 bits per heavy atom. The number of hydrogen-bond acceptors (Lipinski definition) is 4. The Morgan fingerprint density at radius 1 is 0.968 bits per heavy atom. The Balaban J connectivity index is 1.61. The highest BCUT2D eigenvalue weighted by molar-refractivity contribution is 7.80. The number of ether oxygens (including phenoxy) is 1. The number of hydrogen-bond donors (Lipinski definition) is 1. The van der Waals surface area contributed by atoms with Gasteiger partial charge < -0.3 is 4.74 Å². The number of anilines is 1. The van der Waals surface area contributed by atoms with E-state index in [1.165, 1.54) is 23.1 Å². The molecule has 1 N–H and O–H groups in total. The highest BCUT2D eigenvalue weighted by Crippen LogP contribution is 2.27. The average Bonchev–Trinajstić information content (AvgIpc) is 2.75. The van der Waals surface area contributed by atoms with E-state index in [1.807, 2.05) is 30.3 Å². The number of amides is 2. The summed E-state index contributed by atoms with van der Waals surface area (Å²) in [4.78, 5) is 26.7. The highest BCUT2D eigenvalue weighted by atomic mass is 32.1. The van der Waals surface area contributed by atoms with Crippen LogP contribution in [0.4, 0.5) is 10.1 Å². The van der Waals surface area contributed by atoms with Gasteiger partial charge in [-0.3, -0.25) is 19.8 Å². The summed E-state index contributed by atoms with van der Waals surface area (Å²) in [6.45, 7) is 1.61. The zero-order chi connectivity index (χ0) is 22.0. The molecular weight excluding hydrogens is 415 g/mol. The maximum atomic E-state index is 13.5. The van der Waals surface area contributed by atoms with Crippen LogP contribution in [0.5, 0.6) is 11.5 Å². The first-order chi connectivity index (χ1) is 14.9. The Kier molecular flexibility index (Phi) is 5.60. The number of para-hydroxylation sites is 1. The van der Waals surface area contributed by atoms with Crippen molar-refractivity contribution < 1.29 is 18.7 Å². The molecule has 1 aliphatic rings. The number of rotatable bonds is 4. The first-order valence-electron chi connectivity index (χ1n) is 9.43. The largest absolute Gasteiger partial charge is 0.457 e. The number of carbonyl (C=O) groups is 2. The van der Waals surface area contributed by atoms with Crippen LogP contribution in [-0.4, -0.2) is 16.9 Å². The van der Waals surface area contributed by atoms with E-state index in [4.69, 9.17) is 17.0 Å². The lowest BCUT2D eigenvalue weighted by molar-refractivity contribution is -0.122. The smallest absolute Gasteiger partial charge is 0.270 e. The molecule has 154 valence electrons. The van der Waals surface area contributed by atoms with Gasteiger partial charge in [-0.05, 0) is 84.9 Å². The van der Waals surface area contributed by atoms with Crippen molar-refractivity contribution in [2.24, 2.45) is 0 Å². The van der Waals surface area contributed by atoms with Gasteiger partial charge >= 0.3 is 0 Å². The van der Waals surface area contributed by atoms with Crippen molar-refractivity contribution >= 4 is 40.9 Å². The predicted molar refractivity (Wildman–Crippen MR) is 120 cm³/mol. The van der Waals surface area contributed by atoms with Gasteiger partial charge in [-0.15, -0.1) is 0 Å². The minimum atomic E-state index is -0.600. The molecule has 0 aliphatic carbocycles. The third-order valence-corrected chi connectivity index (χ3v) is 4.95. The lowest BCUT2D eigenvalue weighted by Crippen LogP contribution is -2.54. The summed E-state index contributed by atoms with van der Waals surface area (Å²) in [5.41, 5.74) is 1.34. The molecule has 0 unspecified atom stereocenters. The fourth-order valence-corrected chi connectivity index (χ4v) is 3.39. The van der Waals surface area contributed by atoms with E-state index in [2.05, 4.69) is 5.32 Å². The van der Waals surface area contributed by atoms with Crippen LogP contribution < -0.4 is 15.0 Å². The Labute approximate surface area is 183 Å². The molecule has 0 aromatic heterocycles. The first kappa shape index (κ1) is 20.4. The molecule has 7 heteroatoms. The summed E-state index contributed by atoms with van der Waals surface area (Å²) in [6.07, 6.45) is 1.42. The van der Waals surface area contributed by atoms with Gasteiger partial charge in [0.2, 0.25) is 0 Å². The van der Waals surface area contributed by atoms with Gasteiger partial charge in [0.15, 0.2) is 5.11 Å². The van der Waals surface area contributed by atoms with Crippen LogP contribution in [0.2, 0.25) is 0 Å². The Hall–Kier alpha value is -3.84. The summed E-state index contributed by atoms with van der Waals surface area (Å²) in [5.74, 6) is -0.245. The van der Waals surface area contributed by atoms with Crippen LogP contribution in [0, 0.1) is 12.7 Å². The maximum Gasteiger partial charge on any atom is 0.270 e. The van der Waals surface area contributed by atoms with Crippen LogP contribution in [0.15, 0.2) is 78.4 Å². The lowest BCUT2D eigenvalue weighted by Gasteiger charge is -2.29. The summed E-state index contributed by atoms with van der Waals surface area (Å²) in [5, 5.41) is 2.52. The topological polar surface area (TPSA) is 58.6 Å². The van der Waals surface area contributed by atoms with Crippen molar-refractivity contribution in [1.82, 2.24) is 5.32 Å². The van der Waals surface area contributed by atoms with Crippen LogP contribution in [0.1, 0.15) is 11.1 Å². The van der Waals surface area contributed by atoms with Crippen molar-refractivity contribution in [3.05, 3.63) is 95.3 Å². The van der Waals surface area contributed by atoms with Crippen molar-refractivity contribution in [3.8, 4) is 11.5 Å². The van der Waals surface area contributed by atoms with Crippen LogP contribution in [0.3, 0.4) is 0 Å². The van der Waals surface area contributed by atoms with Gasteiger partial charge in [-0.25, -0.2) is 4.39 Å². The van der Waals surface area contributed by atoms with Gasteiger partial charge in [0.1, 0.15) is 22.9 Å². The third kappa shape index (κ3) is 4.36. The zero-order valence-corrected chi connectivity index (χ0v) is 17.3. The number of nitrogens with zero attached hydrogens (tertiary/aromatic N) is 1. The summed E-state index contributed by atoms with van der Waals surface area (Å²) >= 11 is 5.22. The van der Waals surface area contributed by atoms with Gasteiger partial charge in [0.05, 0.1) is 5.69 Å². The number of halogens is 1. The molecular formula is C24H17FN2O3S. The maximum absolute atomic E-state index is 13.5. The van der Waals surface area contributed by atoms with Crippen molar-refractivity contribution in [3.63, 3.8) is 0 Å². The molecule has 0 spiro atoms. The van der Waals surface area contributed by atoms with E-state index in [0.29, 0.717) is 28.3 Å². The van der Waals surface area contributed by atoms with Gasteiger partial charge in [0.25, 0.3) is 11.8 Å². The van der Waals surface area contributed by atoms with E-state index < -0.39 is 11.8 Å². The molecule has 0 saturated carbocycles. The number of carbonyl (C=O) groups excluding carboxylic acids is 2. The van der Waals surface area contributed by atoms with E-state index in [-0.39, 0.29) is 16.5 Å². The number of benzene rings is 3. The standard InChI is InChI=1S/C24H17FN2O3S/c1-15-13-16(7-12-21(15)25)14-20-22(28)26-24(31)27(23(20)29)17-8-10-19(11-9-17)30-18-5-3-2-4-6-18/h2-14H,1H3,(H,26,28,31)/b20-14+. The Bertz CT molecular complexity index is 1210. The molecule has 4 rings (SSSR count). The first-order valence-corrected chi connectivity index (χ1v) is 9.84. The van der Waals surface area contributed by atoms with Crippen molar-refractivity contribution in [2.75, 3.05) is 4.90 Å². The molecule has 0 bridgehead atoms. The lowest BCUT2D eigenvalue weighted by atomic mass is 10.0. The second kappa shape index (κ2) is 8.49. The molecule has 1 saturated heterocycles. The molecule has 0 radical (unpaired) electrons. The second-order valence-corrected chi connectivity index (χ2v) is 7.26. The molecule has 2 amide bonds. The second-order valence-electron chi connectivity index (χ2n) is 6.88. The van der Waals surface area contributed by atoms with E-state index in [9.17, 15) is 14.0 Å². The quantitative estimate of drug-likeness (QED) is 0.367. The predicted octanol–water partition coefficient (Wildman–Crippen LogP) is 4.76. The minimum absolute atomic E-state index is 0.0147. The number of nitrogens with one attached hydrogen (secondary N) is 1. The molecule has 1 fully saturated rings. The van der Waals surface area contributed by atoms with E-state index in [1.54, 1.807) is 37.3 Å². The van der Waals surface area contributed by atoms with Crippen molar-refractivity contribution in [2.45, 2.75) is 6.92 Å².